The second-order valence-corrected chi connectivity index (χ2v) is 11.2. The number of carbonyl (C=O) groups is 2. The number of carbonyl (C=O) groups excluding carboxylic acids is 1. The summed E-state index contributed by atoms with van der Waals surface area (Å²) in [5.74, 6) is -0.0795. The largest absolute Gasteiger partial charge is 0.478 e. The fourth-order valence-corrected chi connectivity index (χ4v) is 6.23. The van der Waals surface area contributed by atoms with Crippen LogP contribution in [0.1, 0.15) is 24.5 Å². The number of piperazine rings is 1. The van der Waals surface area contributed by atoms with Gasteiger partial charge in [0.15, 0.2) is 0 Å². The molecular formula is C27H27Cl2N5O3S. The zero-order valence-corrected chi connectivity index (χ0v) is 23.3. The van der Waals surface area contributed by atoms with Crippen molar-refractivity contribution >= 4 is 68.4 Å². The third-order valence-electron chi connectivity index (χ3n) is 6.93. The second kappa shape index (κ2) is 10.9. The number of aromatic nitrogens is 2. The van der Waals surface area contributed by atoms with E-state index in [-0.39, 0.29) is 17.4 Å². The van der Waals surface area contributed by atoms with E-state index in [2.05, 4.69) is 15.6 Å². The maximum Gasteiger partial charge on any atom is 0.336 e. The molecule has 0 saturated carbocycles. The summed E-state index contributed by atoms with van der Waals surface area (Å²) in [6, 6.07) is 5.42. The maximum atomic E-state index is 13.3. The Bertz CT molecular complexity index is 1480. The van der Waals surface area contributed by atoms with Crippen LogP contribution in [0.25, 0.3) is 10.2 Å². The van der Waals surface area contributed by atoms with Gasteiger partial charge in [-0.2, -0.15) is 4.98 Å². The summed E-state index contributed by atoms with van der Waals surface area (Å²) in [5.41, 5.74) is 2.48. The number of aliphatic carboxylic acids is 1. The van der Waals surface area contributed by atoms with E-state index < -0.39 is 5.97 Å². The van der Waals surface area contributed by atoms with Gasteiger partial charge in [0.25, 0.3) is 5.91 Å². The smallest absolute Gasteiger partial charge is 0.336 e. The molecule has 1 aliphatic carbocycles. The Balaban J connectivity index is 1.34. The van der Waals surface area contributed by atoms with Crippen LogP contribution < -0.4 is 10.2 Å². The van der Waals surface area contributed by atoms with E-state index in [0.29, 0.717) is 60.7 Å². The Kier molecular flexibility index (Phi) is 7.61. The topological polar surface area (TPSA) is 98.7 Å². The molecule has 198 valence electrons. The van der Waals surface area contributed by atoms with Crippen molar-refractivity contribution < 1.29 is 14.7 Å². The number of halogens is 2. The molecule has 0 bridgehead atoms. The van der Waals surface area contributed by atoms with Crippen molar-refractivity contribution in [1.29, 1.82) is 0 Å². The van der Waals surface area contributed by atoms with Gasteiger partial charge in [0.2, 0.25) is 5.95 Å². The molecule has 1 fully saturated rings. The zero-order chi connectivity index (χ0) is 27.0. The molecule has 1 aromatic carbocycles. The molecule has 1 aliphatic heterocycles. The maximum absolute atomic E-state index is 13.3. The summed E-state index contributed by atoms with van der Waals surface area (Å²) in [5, 5.41) is 17.2. The summed E-state index contributed by atoms with van der Waals surface area (Å²) in [4.78, 5) is 39.4. The molecule has 1 unspecified atom stereocenters. The number of carboxylic acids is 1. The number of fused-ring (bicyclic) bond motifs is 1. The first-order valence-corrected chi connectivity index (χ1v) is 14.0. The molecule has 38 heavy (non-hydrogen) atoms. The lowest BCUT2D eigenvalue weighted by Crippen LogP contribution is -2.50. The van der Waals surface area contributed by atoms with Crippen LogP contribution in [0.2, 0.25) is 10.0 Å². The van der Waals surface area contributed by atoms with E-state index in [4.69, 9.17) is 33.2 Å². The molecule has 3 heterocycles. The van der Waals surface area contributed by atoms with Crippen LogP contribution in [0.3, 0.4) is 0 Å². The molecule has 1 saturated heterocycles. The second-order valence-electron chi connectivity index (χ2n) is 9.51. The molecule has 11 heteroatoms. The molecule has 0 spiro atoms. The Labute approximate surface area is 234 Å². The number of thiophene rings is 1. The van der Waals surface area contributed by atoms with Crippen molar-refractivity contribution in [2.24, 2.45) is 5.92 Å². The summed E-state index contributed by atoms with van der Waals surface area (Å²) < 4.78 is 0. The molecular weight excluding hydrogens is 545 g/mol. The molecule has 1 amide bonds. The highest BCUT2D eigenvalue weighted by Gasteiger charge is 2.32. The highest BCUT2D eigenvalue weighted by Crippen LogP contribution is 2.33. The van der Waals surface area contributed by atoms with Crippen molar-refractivity contribution in [2.75, 3.05) is 36.4 Å². The number of benzene rings is 1. The minimum absolute atomic E-state index is 0.0922. The molecule has 2 N–H and O–H groups in total. The minimum atomic E-state index is -1.07. The quantitative estimate of drug-likeness (QED) is 0.400. The molecule has 2 aromatic heterocycles. The van der Waals surface area contributed by atoms with Crippen LogP contribution in [-0.2, 0) is 16.1 Å². The number of nitrogens with zero attached hydrogens (tertiary/aromatic N) is 4. The third-order valence-corrected chi connectivity index (χ3v) is 8.51. The normalized spacial score (nSPS) is 17.8. The van der Waals surface area contributed by atoms with Gasteiger partial charge in [0.05, 0.1) is 11.0 Å². The fourth-order valence-electron chi connectivity index (χ4n) is 4.84. The Morgan fingerprint density at radius 2 is 1.95 bits per heavy atom. The number of carboxylic acid groups (broad SMARTS) is 1. The number of hydrogen-bond acceptors (Lipinski definition) is 7. The lowest BCUT2D eigenvalue weighted by atomic mass is 9.87. The average Bonchev–Trinajstić information content (AvgIpc) is 3.28. The number of allylic oxidation sites excluding steroid dienone is 1. The zero-order valence-electron chi connectivity index (χ0n) is 21.0. The molecule has 8 nitrogen and oxygen atoms in total. The molecule has 0 radical (unpaired) electrons. The predicted octanol–water partition coefficient (Wildman–Crippen LogP) is 5.54. The number of nitrogens with one attached hydrogen (secondary N) is 1. The van der Waals surface area contributed by atoms with Gasteiger partial charge >= 0.3 is 5.97 Å². The number of amides is 1. The average molecular weight is 573 g/mol. The predicted molar refractivity (Wildman–Crippen MR) is 152 cm³/mol. The van der Waals surface area contributed by atoms with Crippen LogP contribution in [0.4, 0.5) is 11.8 Å². The van der Waals surface area contributed by atoms with Crippen molar-refractivity contribution in [3.63, 3.8) is 0 Å². The first-order chi connectivity index (χ1) is 18.2. The summed E-state index contributed by atoms with van der Waals surface area (Å²) in [6.07, 6.45) is 4.02. The van der Waals surface area contributed by atoms with Gasteiger partial charge in [-0.15, -0.1) is 11.3 Å². The first-order valence-electron chi connectivity index (χ1n) is 12.3. The summed E-state index contributed by atoms with van der Waals surface area (Å²) >= 11 is 14.0. The van der Waals surface area contributed by atoms with Crippen molar-refractivity contribution in [2.45, 2.75) is 26.8 Å². The molecule has 2 aliphatic rings. The highest BCUT2D eigenvalue weighted by atomic mass is 35.5. The minimum Gasteiger partial charge on any atom is -0.478 e. The molecule has 5 rings (SSSR count). The molecule has 3 aromatic rings. The van der Waals surface area contributed by atoms with Crippen LogP contribution in [0.15, 0.2) is 46.9 Å². The summed E-state index contributed by atoms with van der Waals surface area (Å²) in [7, 11) is 0. The van der Waals surface area contributed by atoms with Gasteiger partial charge in [0.1, 0.15) is 10.6 Å². The van der Waals surface area contributed by atoms with Crippen LogP contribution in [-0.4, -0.2) is 58.0 Å². The summed E-state index contributed by atoms with van der Waals surface area (Å²) in [6.45, 7) is 6.42. The van der Waals surface area contributed by atoms with Crippen LogP contribution in [0.5, 0.6) is 0 Å². The van der Waals surface area contributed by atoms with Crippen molar-refractivity contribution in [3.05, 3.63) is 68.0 Å². The van der Waals surface area contributed by atoms with Crippen molar-refractivity contribution in [1.82, 2.24) is 14.9 Å². The monoisotopic (exact) mass is 571 g/mol. The Morgan fingerprint density at radius 1 is 1.18 bits per heavy atom. The first kappa shape index (κ1) is 26.5. The van der Waals surface area contributed by atoms with Crippen LogP contribution >= 0.6 is 34.5 Å². The van der Waals surface area contributed by atoms with Gasteiger partial charge in [-0.05, 0) is 47.9 Å². The number of hydrogen-bond donors (Lipinski definition) is 2. The molecule has 1 atom stereocenters. The number of anilines is 2. The van der Waals surface area contributed by atoms with E-state index in [0.717, 1.165) is 27.2 Å². The fraction of sp³-hybridized carbons (Fsp3) is 0.333. The van der Waals surface area contributed by atoms with Gasteiger partial charge in [0, 0.05) is 48.3 Å². The van der Waals surface area contributed by atoms with Crippen molar-refractivity contribution in [3.8, 4) is 0 Å². The standard InChI is InChI=1S/C27H27Cl2N5O3S/c1-15-4-3-5-19(26(36)37)21(15)25(35)33-8-10-34(11-9-33)27-31-23(22-16(2)14-38-24(22)32-27)30-13-17-6-7-18(28)12-20(17)29/h3,5-7,12,14-15H,4,8-11,13H2,1-2H3,(H,36,37)(H,30,31,32). The third kappa shape index (κ3) is 5.23. The highest BCUT2D eigenvalue weighted by molar-refractivity contribution is 7.17. The van der Waals surface area contributed by atoms with Gasteiger partial charge < -0.3 is 20.2 Å². The van der Waals surface area contributed by atoms with E-state index in [9.17, 15) is 14.7 Å². The number of rotatable bonds is 6. The number of aryl methyl sites for hydroxylation is 1. The SMILES string of the molecule is Cc1csc2nc(N3CCN(C(=O)C4=C(C(=O)O)C=CCC4C)CC3)nc(NCc3ccc(Cl)cc3Cl)c12. The van der Waals surface area contributed by atoms with Gasteiger partial charge in [-0.1, -0.05) is 48.3 Å². The van der Waals surface area contributed by atoms with Crippen LogP contribution in [0, 0.1) is 12.8 Å². The Hall–Kier alpha value is -3.14. The van der Waals surface area contributed by atoms with Gasteiger partial charge in [-0.25, -0.2) is 9.78 Å². The van der Waals surface area contributed by atoms with E-state index in [1.807, 2.05) is 32.1 Å². The van der Waals surface area contributed by atoms with E-state index in [1.165, 1.54) is 0 Å². The van der Waals surface area contributed by atoms with E-state index >= 15 is 0 Å². The lowest BCUT2D eigenvalue weighted by Gasteiger charge is -2.36. The Morgan fingerprint density at radius 3 is 2.66 bits per heavy atom. The lowest BCUT2D eigenvalue weighted by molar-refractivity contribution is -0.134. The van der Waals surface area contributed by atoms with Gasteiger partial charge in [-0.3, -0.25) is 4.79 Å². The van der Waals surface area contributed by atoms with E-state index in [1.54, 1.807) is 28.4 Å².